The Bertz CT molecular complexity index is 1060. The Balaban J connectivity index is 0.00000134. The second-order valence-electron chi connectivity index (χ2n) is 9.55. The van der Waals surface area contributed by atoms with Gasteiger partial charge in [-0.2, -0.15) is 0 Å². The van der Waals surface area contributed by atoms with Gasteiger partial charge in [-0.15, -0.1) is 0 Å². The molecule has 1 atom stereocenters. The molecule has 2 aliphatic heterocycles. The Labute approximate surface area is 246 Å². The lowest BCUT2D eigenvalue weighted by Crippen LogP contribution is -2.58. The average molecular weight is 573 g/mol. The van der Waals surface area contributed by atoms with Crippen molar-refractivity contribution in [3.63, 3.8) is 0 Å². The van der Waals surface area contributed by atoms with Gasteiger partial charge in [0.05, 0.1) is 5.69 Å². The van der Waals surface area contributed by atoms with Crippen LogP contribution in [0.4, 0.5) is 11.6 Å². The van der Waals surface area contributed by atoms with Gasteiger partial charge in [0.1, 0.15) is 0 Å². The van der Waals surface area contributed by atoms with Crippen LogP contribution in [0.5, 0.6) is 0 Å². The molecule has 40 heavy (non-hydrogen) atoms. The van der Waals surface area contributed by atoms with E-state index >= 15 is 0 Å². The summed E-state index contributed by atoms with van der Waals surface area (Å²) in [6.07, 6.45) is 4.80. The smallest absolute Gasteiger partial charge is 0.292 e. The normalized spacial score (nSPS) is 18.1. The van der Waals surface area contributed by atoms with Crippen molar-refractivity contribution in [3.05, 3.63) is 59.0 Å². The van der Waals surface area contributed by atoms with E-state index in [1.807, 2.05) is 46.8 Å². The van der Waals surface area contributed by atoms with Gasteiger partial charge in [-0.1, -0.05) is 64.9 Å². The highest BCUT2D eigenvalue weighted by Crippen LogP contribution is 2.28. The summed E-state index contributed by atoms with van der Waals surface area (Å²) in [5.41, 5.74) is 13.3. The Hall–Kier alpha value is -2.88. The first-order valence-corrected chi connectivity index (χ1v) is 15.1. The average Bonchev–Trinajstić information content (AvgIpc) is 3.00. The fourth-order valence-corrected chi connectivity index (χ4v) is 5.45. The van der Waals surface area contributed by atoms with E-state index in [0.29, 0.717) is 17.8 Å². The van der Waals surface area contributed by atoms with Gasteiger partial charge in [0.15, 0.2) is 17.3 Å². The SMILES string of the molecule is C=CNNC(=O)c1nc(C)c(N2CCN(C3CCN(Cc4ccc(Cl)cc4)CC3)C(CC)C2)nc1N.CC.CC. The molecule has 0 bridgehead atoms. The number of rotatable bonds is 8. The van der Waals surface area contributed by atoms with Crippen molar-refractivity contribution in [2.24, 2.45) is 0 Å². The number of hydrogen-bond acceptors (Lipinski definition) is 8. The zero-order valence-electron chi connectivity index (χ0n) is 25.2. The standard InChI is InChI=1S/C26H37ClN8O.2C2H6/c1-4-21-17-34(25-18(3)30-23(24(28)31-25)26(36)32-29-5-2)14-15-35(21)22-10-12-33(13-11-22)16-19-6-8-20(27)9-7-19;2*1-2/h5-9,21-22,29H,2,4,10-17H2,1,3H3,(H2,28,31)(H,32,36);2*1-2H3. The number of aryl methyl sites for hydroxylation is 1. The minimum Gasteiger partial charge on any atom is -0.382 e. The summed E-state index contributed by atoms with van der Waals surface area (Å²) in [4.78, 5) is 28.8. The van der Waals surface area contributed by atoms with Crippen LogP contribution in [0.25, 0.3) is 0 Å². The fraction of sp³-hybridized carbons (Fsp3) is 0.567. The van der Waals surface area contributed by atoms with Crippen molar-refractivity contribution in [1.29, 1.82) is 0 Å². The van der Waals surface area contributed by atoms with E-state index in [9.17, 15) is 4.79 Å². The largest absolute Gasteiger partial charge is 0.382 e. The van der Waals surface area contributed by atoms with Gasteiger partial charge in [0.25, 0.3) is 5.91 Å². The zero-order valence-corrected chi connectivity index (χ0v) is 26.0. The van der Waals surface area contributed by atoms with Crippen LogP contribution in [-0.4, -0.2) is 70.5 Å². The number of hydrazine groups is 1. The lowest BCUT2D eigenvalue weighted by molar-refractivity contribution is 0.0610. The molecule has 0 saturated carbocycles. The summed E-state index contributed by atoms with van der Waals surface area (Å²) in [5.74, 6) is 0.451. The maximum Gasteiger partial charge on any atom is 0.292 e. The van der Waals surface area contributed by atoms with Gasteiger partial charge in [0, 0.05) is 49.5 Å². The van der Waals surface area contributed by atoms with Crippen LogP contribution in [0.2, 0.25) is 5.02 Å². The molecule has 9 nitrogen and oxygen atoms in total. The van der Waals surface area contributed by atoms with Crippen molar-refractivity contribution in [2.75, 3.05) is 43.4 Å². The van der Waals surface area contributed by atoms with Gasteiger partial charge in [-0.05, 0) is 57.0 Å². The van der Waals surface area contributed by atoms with Crippen molar-refractivity contribution in [3.8, 4) is 0 Å². The molecule has 2 aliphatic rings. The Morgan fingerprint density at radius 1 is 1.10 bits per heavy atom. The number of likely N-dealkylation sites (tertiary alicyclic amines) is 1. The molecule has 1 aromatic heterocycles. The number of piperazine rings is 1. The number of nitrogens with two attached hydrogens (primary N) is 1. The number of carbonyl (C=O) groups is 1. The van der Waals surface area contributed by atoms with E-state index in [0.717, 1.165) is 56.5 Å². The molecule has 2 fully saturated rings. The van der Waals surface area contributed by atoms with Crippen molar-refractivity contribution in [1.82, 2.24) is 30.6 Å². The number of nitrogens with one attached hydrogen (secondary N) is 2. The minimum atomic E-state index is -0.437. The van der Waals surface area contributed by atoms with Crippen LogP contribution in [0.15, 0.2) is 37.0 Å². The van der Waals surface area contributed by atoms with E-state index in [1.165, 1.54) is 24.6 Å². The molecule has 1 amide bonds. The Kier molecular flexibility index (Phi) is 14.2. The van der Waals surface area contributed by atoms with Crippen LogP contribution >= 0.6 is 11.6 Å². The molecule has 4 N–H and O–H groups in total. The zero-order chi connectivity index (χ0) is 29.7. The van der Waals surface area contributed by atoms with Crippen LogP contribution in [-0.2, 0) is 6.54 Å². The molecule has 3 heterocycles. The van der Waals surface area contributed by atoms with Crippen molar-refractivity contribution in [2.45, 2.75) is 79.4 Å². The highest BCUT2D eigenvalue weighted by Gasteiger charge is 2.34. The number of halogens is 1. The Morgan fingerprint density at radius 3 is 2.35 bits per heavy atom. The molecule has 4 rings (SSSR count). The summed E-state index contributed by atoms with van der Waals surface area (Å²) in [5, 5.41) is 0.785. The molecule has 10 heteroatoms. The third kappa shape index (κ3) is 8.81. The number of nitrogen functional groups attached to an aromatic ring is 1. The predicted molar refractivity (Wildman–Crippen MR) is 167 cm³/mol. The number of aromatic nitrogens is 2. The number of carbonyl (C=O) groups excluding carboxylic acids is 1. The first-order chi connectivity index (χ1) is 19.4. The number of hydrogen-bond donors (Lipinski definition) is 3. The summed E-state index contributed by atoms with van der Waals surface area (Å²) >= 11 is 6.03. The number of benzene rings is 1. The summed E-state index contributed by atoms with van der Waals surface area (Å²) in [6.45, 7) is 21.5. The van der Waals surface area contributed by atoms with Crippen LogP contribution in [0.3, 0.4) is 0 Å². The molecular formula is C30H49ClN8O. The van der Waals surface area contributed by atoms with Crippen LogP contribution in [0.1, 0.15) is 75.6 Å². The van der Waals surface area contributed by atoms with E-state index in [-0.39, 0.29) is 11.5 Å². The molecule has 222 valence electrons. The fourth-order valence-electron chi connectivity index (χ4n) is 5.33. The van der Waals surface area contributed by atoms with E-state index in [4.69, 9.17) is 17.3 Å². The second-order valence-corrected chi connectivity index (χ2v) is 9.99. The van der Waals surface area contributed by atoms with Crippen LogP contribution < -0.4 is 21.5 Å². The lowest BCUT2D eigenvalue weighted by Gasteiger charge is -2.47. The number of nitrogens with zero attached hydrogens (tertiary/aromatic N) is 5. The summed E-state index contributed by atoms with van der Waals surface area (Å²) in [6, 6.07) is 9.21. The highest BCUT2D eigenvalue weighted by atomic mass is 35.5. The maximum absolute atomic E-state index is 12.3. The molecule has 1 unspecified atom stereocenters. The molecule has 0 aliphatic carbocycles. The molecule has 1 aromatic carbocycles. The van der Waals surface area contributed by atoms with Gasteiger partial charge < -0.3 is 16.1 Å². The minimum absolute atomic E-state index is 0.113. The van der Waals surface area contributed by atoms with Gasteiger partial charge >= 0.3 is 0 Å². The summed E-state index contributed by atoms with van der Waals surface area (Å²) in [7, 11) is 0. The Morgan fingerprint density at radius 2 is 1.75 bits per heavy atom. The third-order valence-electron chi connectivity index (χ3n) is 7.22. The number of amides is 1. The number of anilines is 2. The van der Waals surface area contributed by atoms with Gasteiger partial charge in [-0.3, -0.25) is 20.0 Å². The predicted octanol–water partition coefficient (Wildman–Crippen LogP) is 5.02. The second kappa shape index (κ2) is 17.0. The number of piperidine rings is 1. The van der Waals surface area contributed by atoms with Gasteiger partial charge in [-0.25, -0.2) is 9.97 Å². The lowest BCUT2D eigenvalue weighted by atomic mass is 9.97. The van der Waals surface area contributed by atoms with E-state index in [1.54, 1.807) is 0 Å². The maximum atomic E-state index is 12.3. The van der Waals surface area contributed by atoms with Gasteiger partial charge in [0.2, 0.25) is 0 Å². The molecule has 0 radical (unpaired) electrons. The topological polar surface area (TPSA) is 103 Å². The van der Waals surface area contributed by atoms with Crippen LogP contribution in [0, 0.1) is 6.92 Å². The summed E-state index contributed by atoms with van der Waals surface area (Å²) < 4.78 is 0. The monoisotopic (exact) mass is 572 g/mol. The first-order valence-electron chi connectivity index (χ1n) is 14.7. The molecule has 2 aromatic rings. The molecule has 0 spiro atoms. The quantitative estimate of drug-likeness (QED) is 0.379. The molecule has 2 saturated heterocycles. The van der Waals surface area contributed by atoms with Crippen molar-refractivity contribution >= 4 is 29.1 Å². The third-order valence-corrected chi connectivity index (χ3v) is 7.47. The van der Waals surface area contributed by atoms with Crippen molar-refractivity contribution < 1.29 is 4.79 Å². The first kappa shape index (κ1) is 33.3. The van der Waals surface area contributed by atoms with E-state index < -0.39 is 5.91 Å². The molecular weight excluding hydrogens is 524 g/mol. The van der Waals surface area contributed by atoms with E-state index in [2.05, 4.69) is 61.2 Å². The highest BCUT2D eigenvalue weighted by molar-refractivity contribution is 6.30.